The smallest absolute Gasteiger partial charge is 0.243 e. The largest absolute Gasteiger partial charge is 0.495 e. The Morgan fingerprint density at radius 2 is 1.71 bits per heavy atom. The molecule has 1 amide bonds. The third-order valence-electron chi connectivity index (χ3n) is 4.92. The van der Waals surface area contributed by atoms with Gasteiger partial charge in [0.2, 0.25) is 5.91 Å². The van der Waals surface area contributed by atoms with Gasteiger partial charge in [0.15, 0.2) is 0 Å². The fourth-order valence-electron chi connectivity index (χ4n) is 3.64. The van der Waals surface area contributed by atoms with Crippen LogP contribution in [0.5, 0.6) is 5.75 Å². The summed E-state index contributed by atoms with van der Waals surface area (Å²) in [5.74, 6) is 0.605. The zero-order chi connectivity index (χ0) is 19.5. The molecule has 0 radical (unpaired) electrons. The van der Waals surface area contributed by atoms with Crippen molar-refractivity contribution >= 4 is 39.1 Å². The first-order valence-electron chi connectivity index (χ1n) is 9.39. The van der Waals surface area contributed by atoms with Gasteiger partial charge in [-0.15, -0.1) is 0 Å². The first-order valence-corrected chi connectivity index (χ1v) is 9.39. The summed E-state index contributed by atoms with van der Waals surface area (Å²) in [6.07, 6.45) is 0. The van der Waals surface area contributed by atoms with Crippen LogP contribution in [0.2, 0.25) is 0 Å². The molecule has 0 unspecified atom stereocenters. The van der Waals surface area contributed by atoms with Gasteiger partial charge in [0, 0.05) is 34.0 Å². The van der Waals surface area contributed by atoms with Crippen molar-refractivity contribution in [2.75, 3.05) is 24.3 Å². The summed E-state index contributed by atoms with van der Waals surface area (Å²) in [6, 6.07) is 22.0. The Kier molecular flexibility index (Phi) is 4.89. The van der Waals surface area contributed by atoms with Crippen LogP contribution in [0.25, 0.3) is 21.8 Å². The van der Waals surface area contributed by atoms with Crippen molar-refractivity contribution < 1.29 is 9.53 Å². The van der Waals surface area contributed by atoms with Gasteiger partial charge in [-0.1, -0.05) is 30.3 Å². The summed E-state index contributed by atoms with van der Waals surface area (Å²) in [6.45, 7) is 3.21. The third kappa shape index (κ3) is 3.27. The summed E-state index contributed by atoms with van der Waals surface area (Å²) in [7, 11) is 1.61. The predicted molar refractivity (Wildman–Crippen MR) is 115 cm³/mol. The van der Waals surface area contributed by atoms with Crippen molar-refractivity contribution in [2.45, 2.75) is 13.5 Å². The van der Waals surface area contributed by atoms with E-state index in [9.17, 15) is 4.79 Å². The van der Waals surface area contributed by atoms with E-state index in [1.165, 1.54) is 16.4 Å². The second-order valence-electron chi connectivity index (χ2n) is 6.60. The molecule has 0 bridgehead atoms. The maximum Gasteiger partial charge on any atom is 0.243 e. The molecule has 4 aromatic rings. The molecule has 3 aromatic carbocycles. The highest BCUT2D eigenvalue weighted by Crippen LogP contribution is 2.31. The average molecular weight is 373 g/mol. The molecule has 142 valence electrons. The molecular weight excluding hydrogens is 350 g/mol. The molecule has 28 heavy (non-hydrogen) atoms. The fourth-order valence-corrected chi connectivity index (χ4v) is 3.64. The van der Waals surface area contributed by atoms with Crippen LogP contribution < -0.4 is 15.4 Å². The van der Waals surface area contributed by atoms with Gasteiger partial charge in [0.1, 0.15) is 5.75 Å². The minimum absolute atomic E-state index is 0.107. The number of aryl methyl sites for hydroxylation is 1. The number of hydrogen-bond donors (Lipinski definition) is 2. The molecule has 0 spiro atoms. The molecule has 0 fully saturated rings. The van der Waals surface area contributed by atoms with E-state index in [-0.39, 0.29) is 12.5 Å². The average Bonchev–Trinajstić information content (AvgIpc) is 3.05. The van der Waals surface area contributed by atoms with E-state index in [0.29, 0.717) is 5.75 Å². The lowest BCUT2D eigenvalue weighted by molar-refractivity contribution is -0.114. The fraction of sp³-hybridized carbons (Fsp3) is 0.174. The van der Waals surface area contributed by atoms with Crippen LogP contribution in [0, 0.1) is 0 Å². The summed E-state index contributed by atoms with van der Waals surface area (Å²) < 4.78 is 7.59. The Morgan fingerprint density at radius 3 is 2.54 bits per heavy atom. The predicted octanol–water partition coefficient (Wildman–Crippen LogP) is 4.87. The Balaban J connectivity index is 1.55. The molecular formula is C23H23N3O2. The highest BCUT2D eigenvalue weighted by atomic mass is 16.5. The SMILES string of the molecule is CCn1c2ccccc2c2cc(NC(=O)CNc3ccccc3OC)ccc21. The van der Waals surface area contributed by atoms with Gasteiger partial charge in [-0.2, -0.15) is 0 Å². The summed E-state index contributed by atoms with van der Waals surface area (Å²) >= 11 is 0. The number of carbonyl (C=O) groups is 1. The van der Waals surface area contributed by atoms with Crippen LogP contribution in [0.3, 0.4) is 0 Å². The second kappa shape index (κ2) is 7.64. The van der Waals surface area contributed by atoms with Crippen LogP contribution in [0.4, 0.5) is 11.4 Å². The standard InChI is InChI=1S/C23H23N3O2/c1-3-26-20-10-6-4-8-17(20)18-14-16(12-13-21(18)26)25-23(27)15-24-19-9-5-7-11-22(19)28-2/h4-14,24H,3,15H2,1-2H3,(H,25,27). The van der Waals surface area contributed by atoms with Crippen LogP contribution in [-0.4, -0.2) is 24.1 Å². The molecule has 1 aromatic heterocycles. The molecule has 5 heteroatoms. The molecule has 0 atom stereocenters. The Labute approximate surface area is 163 Å². The normalized spacial score (nSPS) is 10.9. The maximum atomic E-state index is 12.4. The molecule has 0 saturated carbocycles. The number of hydrogen-bond acceptors (Lipinski definition) is 3. The van der Waals surface area contributed by atoms with E-state index in [4.69, 9.17) is 4.74 Å². The van der Waals surface area contributed by atoms with Gasteiger partial charge in [-0.3, -0.25) is 4.79 Å². The van der Waals surface area contributed by atoms with E-state index < -0.39 is 0 Å². The van der Waals surface area contributed by atoms with Crippen molar-refractivity contribution in [3.8, 4) is 5.75 Å². The number of nitrogens with one attached hydrogen (secondary N) is 2. The lowest BCUT2D eigenvalue weighted by atomic mass is 10.1. The Hall–Kier alpha value is -3.47. The Morgan fingerprint density at radius 1 is 0.964 bits per heavy atom. The minimum atomic E-state index is -0.107. The van der Waals surface area contributed by atoms with Gasteiger partial charge >= 0.3 is 0 Å². The van der Waals surface area contributed by atoms with Crippen LogP contribution in [-0.2, 0) is 11.3 Å². The number of para-hydroxylation sites is 3. The van der Waals surface area contributed by atoms with Crippen LogP contribution >= 0.6 is 0 Å². The number of ether oxygens (including phenoxy) is 1. The third-order valence-corrected chi connectivity index (χ3v) is 4.92. The van der Waals surface area contributed by atoms with Crippen molar-refractivity contribution in [1.82, 2.24) is 4.57 Å². The lowest BCUT2D eigenvalue weighted by Crippen LogP contribution is -2.21. The molecule has 0 aliphatic heterocycles. The van der Waals surface area contributed by atoms with Gasteiger partial charge in [-0.05, 0) is 43.3 Å². The van der Waals surface area contributed by atoms with Gasteiger partial charge in [-0.25, -0.2) is 0 Å². The van der Waals surface area contributed by atoms with Gasteiger partial charge in [0.25, 0.3) is 0 Å². The quantitative estimate of drug-likeness (QED) is 0.507. The minimum Gasteiger partial charge on any atom is -0.495 e. The van der Waals surface area contributed by atoms with Crippen molar-refractivity contribution in [2.24, 2.45) is 0 Å². The number of nitrogens with zero attached hydrogens (tertiary/aromatic N) is 1. The monoisotopic (exact) mass is 373 g/mol. The van der Waals surface area contributed by atoms with E-state index in [2.05, 4.69) is 46.4 Å². The van der Waals surface area contributed by atoms with E-state index in [0.717, 1.165) is 23.3 Å². The molecule has 0 aliphatic rings. The molecule has 2 N–H and O–H groups in total. The summed E-state index contributed by atoms with van der Waals surface area (Å²) in [5, 5.41) is 8.45. The highest BCUT2D eigenvalue weighted by molar-refractivity contribution is 6.10. The first-order chi connectivity index (χ1) is 13.7. The number of methoxy groups -OCH3 is 1. The summed E-state index contributed by atoms with van der Waals surface area (Å²) in [5.41, 5.74) is 3.97. The summed E-state index contributed by atoms with van der Waals surface area (Å²) in [4.78, 5) is 12.4. The molecule has 4 rings (SSSR count). The number of rotatable bonds is 6. The van der Waals surface area contributed by atoms with E-state index in [1.807, 2.05) is 42.5 Å². The lowest BCUT2D eigenvalue weighted by Gasteiger charge is -2.11. The van der Waals surface area contributed by atoms with E-state index in [1.54, 1.807) is 7.11 Å². The van der Waals surface area contributed by atoms with E-state index >= 15 is 0 Å². The van der Waals surface area contributed by atoms with Crippen LogP contribution in [0.15, 0.2) is 66.7 Å². The van der Waals surface area contributed by atoms with Gasteiger partial charge < -0.3 is 19.9 Å². The number of amides is 1. The number of anilines is 2. The number of aromatic nitrogens is 1. The molecule has 1 heterocycles. The number of carbonyl (C=O) groups excluding carboxylic acids is 1. The molecule has 0 aliphatic carbocycles. The molecule has 0 saturated heterocycles. The topological polar surface area (TPSA) is 55.3 Å². The zero-order valence-corrected chi connectivity index (χ0v) is 16.0. The Bertz CT molecular complexity index is 1150. The van der Waals surface area contributed by atoms with Crippen LogP contribution in [0.1, 0.15) is 6.92 Å². The second-order valence-corrected chi connectivity index (χ2v) is 6.60. The van der Waals surface area contributed by atoms with Crippen molar-refractivity contribution in [3.63, 3.8) is 0 Å². The number of fused-ring (bicyclic) bond motifs is 3. The maximum absolute atomic E-state index is 12.4. The zero-order valence-electron chi connectivity index (χ0n) is 16.0. The highest BCUT2D eigenvalue weighted by Gasteiger charge is 2.11. The van der Waals surface area contributed by atoms with Crippen molar-refractivity contribution in [1.29, 1.82) is 0 Å². The van der Waals surface area contributed by atoms with Crippen molar-refractivity contribution in [3.05, 3.63) is 66.7 Å². The molecule has 5 nitrogen and oxygen atoms in total. The number of benzene rings is 3. The van der Waals surface area contributed by atoms with Gasteiger partial charge in [0.05, 0.1) is 19.3 Å². The first kappa shape index (κ1) is 17.9.